The number of rotatable bonds is 6. The molecule has 14 heteroatoms. The molecule has 0 unspecified atom stereocenters. The number of hydrogen-bond donors (Lipinski definition) is 2. The molecule has 0 saturated carbocycles. The number of aryl methyl sites for hydroxylation is 1. The topological polar surface area (TPSA) is 113 Å². The summed E-state index contributed by atoms with van der Waals surface area (Å²) in [6.07, 6.45) is 0.963. The van der Waals surface area contributed by atoms with Crippen LogP contribution in [0.2, 0.25) is 0 Å². The van der Waals surface area contributed by atoms with Crippen LogP contribution in [0.3, 0.4) is 0 Å². The molecule has 0 bridgehead atoms. The molecule has 0 atom stereocenters. The molecule has 0 radical (unpaired) electrons. The van der Waals surface area contributed by atoms with Crippen molar-refractivity contribution in [2.75, 3.05) is 26.2 Å². The van der Waals surface area contributed by atoms with E-state index in [1.165, 1.54) is 0 Å². The number of alkyl halides is 3. The van der Waals surface area contributed by atoms with E-state index in [9.17, 15) is 21.6 Å². The molecule has 162 valence electrons. The normalized spacial score (nSPS) is 17.2. The highest BCUT2D eigenvalue weighted by Gasteiger charge is 2.50. The number of aromatic nitrogens is 2. The van der Waals surface area contributed by atoms with E-state index >= 15 is 0 Å². The molecule has 1 aromatic rings. The molecule has 1 aliphatic rings. The minimum Gasteiger partial charge on any atom is -0.357 e. The van der Waals surface area contributed by atoms with Crippen LogP contribution in [0.4, 0.5) is 13.2 Å². The van der Waals surface area contributed by atoms with Gasteiger partial charge in [0.05, 0.1) is 6.54 Å². The van der Waals surface area contributed by atoms with Crippen LogP contribution in [0.15, 0.2) is 9.52 Å². The number of guanidine groups is 1. The number of sulfonamides is 1. The largest absolute Gasteiger partial charge is 0.511 e. The minimum absolute atomic E-state index is 0. The lowest BCUT2D eigenvalue weighted by molar-refractivity contribution is -0.0494. The maximum Gasteiger partial charge on any atom is 0.511 e. The Morgan fingerprint density at radius 1 is 1.36 bits per heavy atom. The summed E-state index contributed by atoms with van der Waals surface area (Å²) in [5.74, 6) is 1.52. The number of nitrogens with one attached hydrogen (secondary N) is 2. The molecule has 28 heavy (non-hydrogen) atoms. The van der Waals surface area contributed by atoms with Crippen molar-refractivity contribution < 1.29 is 26.1 Å². The van der Waals surface area contributed by atoms with E-state index in [1.54, 1.807) is 6.92 Å². The van der Waals surface area contributed by atoms with Crippen molar-refractivity contribution in [3.63, 3.8) is 0 Å². The third-order valence-electron chi connectivity index (χ3n) is 3.94. The van der Waals surface area contributed by atoms with Crippen molar-refractivity contribution in [3.8, 4) is 0 Å². The predicted octanol–water partition coefficient (Wildman–Crippen LogP) is 1.41. The van der Waals surface area contributed by atoms with Crippen LogP contribution in [0.1, 0.15) is 31.5 Å². The number of halogens is 4. The first-order chi connectivity index (χ1) is 12.6. The van der Waals surface area contributed by atoms with E-state index in [0.717, 1.165) is 0 Å². The second-order valence-corrected chi connectivity index (χ2v) is 7.94. The van der Waals surface area contributed by atoms with E-state index in [0.29, 0.717) is 41.5 Å². The number of aliphatic imine (C=N–C) groups is 1. The molecule has 9 nitrogen and oxygen atoms in total. The van der Waals surface area contributed by atoms with Gasteiger partial charge >= 0.3 is 15.5 Å². The van der Waals surface area contributed by atoms with Crippen molar-refractivity contribution in [2.24, 2.45) is 4.99 Å². The van der Waals surface area contributed by atoms with Gasteiger partial charge < -0.3 is 15.2 Å². The van der Waals surface area contributed by atoms with E-state index < -0.39 is 15.5 Å². The van der Waals surface area contributed by atoms with Gasteiger partial charge in [-0.3, -0.25) is 4.99 Å². The lowest BCUT2D eigenvalue weighted by atomic mass is 10.1. The molecule has 0 aliphatic carbocycles. The molecule has 1 aromatic heterocycles. The Kier molecular flexibility index (Phi) is 9.39. The van der Waals surface area contributed by atoms with Crippen LogP contribution < -0.4 is 10.6 Å². The fourth-order valence-corrected chi connectivity index (χ4v) is 3.59. The van der Waals surface area contributed by atoms with Crippen LogP contribution in [-0.4, -0.2) is 66.6 Å². The molecule has 0 aromatic carbocycles. The summed E-state index contributed by atoms with van der Waals surface area (Å²) in [6.45, 7) is 4.20. The summed E-state index contributed by atoms with van der Waals surface area (Å²) in [5, 5.41) is 9.86. The molecule has 2 N–H and O–H groups in total. The van der Waals surface area contributed by atoms with Gasteiger partial charge in [-0.05, 0) is 26.7 Å². The highest BCUT2D eigenvalue weighted by atomic mass is 127. The van der Waals surface area contributed by atoms with E-state index in [1.807, 2.05) is 6.92 Å². The molecule has 1 saturated heterocycles. The van der Waals surface area contributed by atoms with Crippen LogP contribution in [0.5, 0.6) is 0 Å². The quantitative estimate of drug-likeness (QED) is 0.319. The summed E-state index contributed by atoms with van der Waals surface area (Å²) in [7, 11) is -5.27. The van der Waals surface area contributed by atoms with Gasteiger partial charge in [-0.15, -0.1) is 24.0 Å². The predicted molar refractivity (Wildman–Crippen MR) is 107 cm³/mol. The van der Waals surface area contributed by atoms with Gasteiger partial charge in [0.25, 0.3) is 0 Å². The second kappa shape index (κ2) is 10.6. The zero-order valence-corrected chi connectivity index (χ0v) is 18.6. The van der Waals surface area contributed by atoms with E-state index in [-0.39, 0.29) is 55.9 Å². The van der Waals surface area contributed by atoms with Gasteiger partial charge in [0.15, 0.2) is 11.8 Å². The van der Waals surface area contributed by atoms with Gasteiger partial charge in [-0.1, -0.05) is 5.16 Å². The Balaban J connectivity index is 0.00000392. The molecule has 0 amide bonds. The minimum atomic E-state index is -5.27. The molecule has 2 rings (SSSR count). The summed E-state index contributed by atoms with van der Waals surface area (Å²) in [6, 6.07) is -0.173. The van der Waals surface area contributed by atoms with Gasteiger partial charge in [-0.2, -0.15) is 22.5 Å². The molecule has 1 aliphatic heterocycles. The van der Waals surface area contributed by atoms with Gasteiger partial charge in [-0.25, -0.2) is 8.42 Å². The van der Waals surface area contributed by atoms with E-state index in [4.69, 9.17) is 4.52 Å². The maximum atomic E-state index is 12.6. The van der Waals surface area contributed by atoms with Crippen LogP contribution >= 0.6 is 24.0 Å². The standard InChI is InChI=1S/C14H23F3N6O3S.HI/c1-3-18-13(19-7-4-12-20-10(2)22-26-12)21-11-5-8-23(9-6-11)27(24,25)14(15,16)17;/h11H,3-9H2,1-2H3,(H2,18,19,21);1H. The smallest absolute Gasteiger partial charge is 0.357 e. The van der Waals surface area contributed by atoms with E-state index in [2.05, 4.69) is 25.8 Å². The summed E-state index contributed by atoms with van der Waals surface area (Å²) in [4.78, 5) is 8.45. The van der Waals surface area contributed by atoms with Gasteiger partial charge in [0.1, 0.15) is 0 Å². The molecule has 1 fully saturated rings. The Morgan fingerprint density at radius 3 is 2.50 bits per heavy atom. The Hall–Kier alpha value is -1.16. The van der Waals surface area contributed by atoms with Crippen molar-refractivity contribution in [1.82, 2.24) is 25.1 Å². The zero-order valence-electron chi connectivity index (χ0n) is 15.5. The number of nitrogens with zero attached hydrogens (tertiary/aromatic N) is 4. The Morgan fingerprint density at radius 2 is 2.00 bits per heavy atom. The molecule has 0 spiro atoms. The monoisotopic (exact) mass is 540 g/mol. The summed E-state index contributed by atoms with van der Waals surface area (Å²) < 4.78 is 66.2. The van der Waals surface area contributed by atoms with Crippen molar-refractivity contribution in [1.29, 1.82) is 0 Å². The SMILES string of the molecule is CCNC(=NCCc1nc(C)no1)NC1CCN(S(=O)(=O)C(F)(F)F)CC1.I. The number of hydrogen-bond acceptors (Lipinski definition) is 6. The van der Waals surface area contributed by atoms with Crippen LogP contribution in [0, 0.1) is 6.92 Å². The second-order valence-electron chi connectivity index (χ2n) is 6.01. The third kappa shape index (κ3) is 6.72. The third-order valence-corrected chi connectivity index (χ3v) is 5.57. The Bertz CT molecular complexity index is 748. The average Bonchev–Trinajstić information content (AvgIpc) is 3.00. The molecular formula is C14H24F3IN6O3S. The lowest BCUT2D eigenvalue weighted by Crippen LogP contribution is -2.51. The van der Waals surface area contributed by atoms with Crippen molar-refractivity contribution in [2.45, 2.75) is 44.7 Å². The first-order valence-corrected chi connectivity index (χ1v) is 9.98. The van der Waals surface area contributed by atoms with Crippen molar-refractivity contribution in [3.05, 3.63) is 11.7 Å². The van der Waals surface area contributed by atoms with Crippen LogP contribution in [0.25, 0.3) is 0 Å². The number of piperidine rings is 1. The Labute approximate surface area is 178 Å². The highest BCUT2D eigenvalue weighted by Crippen LogP contribution is 2.28. The highest BCUT2D eigenvalue weighted by molar-refractivity contribution is 14.0. The fraction of sp³-hybridized carbons (Fsp3) is 0.786. The van der Waals surface area contributed by atoms with Gasteiger partial charge in [0, 0.05) is 32.1 Å². The summed E-state index contributed by atoms with van der Waals surface area (Å²) >= 11 is 0. The maximum absolute atomic E-state index is 12.6. The zero-order chi connectivity index (χ0) is 20.1. The fourth-order valence-electron chi connectivity index (χ4n) is 2.61. The van der Waals surface area contributed by atoms with Crippen LogP contribution in [-0.2, 0) is 16.4 Å². The lowest BCUT2D eigenvalue weighted by Gasteiger charge is -2.32. The molecular weight excluding hydrogens is 516 g/mol. The van der Waals surface area contributed by atoms with Gasteiger partial charge in [0.2, 0.25) is 5.89 Å². The first kappa shape index (κ1) is 24.9. The van der Waals surface area contributed by atoms with Crippen molar-refractivity contribution >= 4 is 40.0 Å². The summed E-state index contributed by atoms with van der Waals surface area (Å²) in [5.41, 5.74) is -5.27. The average molecular weight is 540 g/mol. The first-order valence-electron chi connectivity index (χ1n) is 8.54. The molecule has 2 heterocycles.